The Bertz CT molecular complexity index is 888. The number of fused-ring (bicyclic) bond motifs is 2. The SMILES string of the molecule is COc1ccc2c3c1O[C@@H]1[C@]34CCN(C)[C@H](C2O)[C@]42CC[C@@]1(OC)C(C(C)O)C2. The molecule has 4 aliphatic carbocycles. The van der Waals surface area contributed by atoms with E-state index >= 15 is 0 Å². The molecule has 2 heterocycles. The van der Waals surface area contributed by atoms with Gasteiger partial charge in [-0.15, -0.1) is 0 Å². The number of aliphatic hydroxyl groups excluding tert-OH is 2. The molecule has 2 N–H and O–H groups in total. The fourth-order valence-corrected chi connectivity index (χ4v) is 8.55. The van der Waals surface area contributed by atoms with E-state index in [1.165, 1.54) is 0 Å². The molecule has 7 rings (SSSR count). The highest BCUT2D eigenvalue weighted by Crippen LogP contribution is 2.78. The van der Waals surface area contributed by atoms with E-state index in [1.54, 1.807) is 14.2 Å². The molecular formula is C23H31NO5. The van der Waals surface area contributed by atoms with E-state index < -0.39 is 17.8 Å². The van der Waals surface area contributed by atoms with Crippen molar-refractivity contribution >= 4 is 0 Å². The van der Waals surface area contributed by atoms with Gasteiger partial charge in [-0.1, -0.05) is 6.07 Å². The van der Waals surface area contributed by atoms with E-state index in [4.69, 9.17) is 14.2 Å². The van der Waals surface area contributed by atoms with Crippen LogP contribution in [0.2, 0.25) is 0 Å². The Morgan fingerprint density at radius 3 is 2.72 bits per heavy atom. The van der Waals surface area contributed by atoms with E-state index in [2.05, 4.69) is 11.9 Å². The van der Waals surface area contributed by atoms with Crippen LogP contribution in [0.4, 0.5) is 0 Å². The number of ether oxygens (including phenoxy) is 3. The number of aliphatic hydroxyl groups is 2. The first-order chi connectivity index (χ1) is 13.9. The Morgan fingerprint density at radius 1 is 1.24 bits per heavy atom. The van der Waals surface area contributed by atoms with Crippen LogP contribution < -0.4 is 9.47 Å². The monoisotopic (exact) mass is 401 g/mol. The van der Waals surface area contributed by atoms with Crippen LogP contribution in [0.5, 0.6) is 11.5 Å². The molecule has 0 aromatic heterocycles. The van der Waals surface area contributed by atoms with Crippen molar-refractivity contribution < 1.29 is 24.4 Å². The number of methoxy groups -OCH3 is 2. The lowest BCUT2D eigenvalue weighted by atomic mass is 9.34. The van der Waals surface area contributed by atoms with E-state index in [1.807, 2.05) is 19.1 Å². The minimum absolute atomic E-state index is 0.0191. The summed E-state index contributed by atoms with van der Waals surface area (Å²) < 4.78 is 18.8. The van der Waals surface area contributed by atoms with Gasteiger partial charge in [-0.2, -0.15) is 0 Å². The largest absolute Gasteiger partial charge is 0.493 e. The Balaban J connectivity index is 1.71. The second kappa shape index (κ2) is 5.47. The van der Waals surface area contributed by atoms with Gasteiger partial charge in [-0.25, -0.2) is 0 Å². The fraction of sp³-hybridized carbons (Fsp3) is 0.739. The van der Waals surface area contributed by atoms with Crippen LogP contribution in [-0.4, -0.2) is 66.8 Å². The van der Waals surface area contributed by atoms with Gasteiger partial charge in [0, 0.05) is 35.5 Å². The zero-order valence-electron chi connectivity index (χ0n) is 17.6. The zero-order chi connectivity index (χ0) is 20.3. The first kappa shape index (κ1) is 18.4. The summed E-state index contributed by atoms with van der Waals surface area (Å²) in [6.45, 7) is 2.79. The molecular weight excluding hydrogens is 370 g/mol. The topological polar surface area (TPSA) is 71.4 Å². The number of piperidine rings is 1. The summed E-state index contributed by atoms with van der Waals surface area (Å²) in [7, 11) is 5.59. The standard InChI is InChI=1S/C23H31NO5/c1-12(25)14-11-21-7-8-23(14,28-4)20-22(21)9-10-24(2)19(21)17(26)13-5-6-15(27-3)18(29-20)16(13)22/h5-6,12,14,17,19-20,25-26H,7-11H2,1-4H3/t12?,14?,17?,19-,20-,21-,22+,23-/m1/s1. The predicted octanol–water partition coefficient (Wildman–Crippen LogP) is 2.01. The van der Waals surface area contributed by atoms with E-state index in [-0.39, 0.29) is 28.9 Å². The van der Waals surface area contributed by atoms with Crippen molar-refractivity contribution in [2.24, 2.45) is 11.3 Å². The summed E-state index contributed by atoms with van der Waals surface area (Å²) in [4.78, 5) is 2.35. The number of hydrogen-bond donors (Lipinski definition) is 2. The van der Waals surface area contributed by atoms with Crippen LogP contribution in [0.25, 0.3) is 0 Å². The first-order valence-electron chi connectivity index (χ1n) is 10.9. The molecule has 3 saturated carbocycles. The molecule has 2 spiro atoms. The van der Waals surface area contributed by atoms with Gasteiger partial charge >= 0.3 is 0 Å². The van der Waals surface area contributed by atoms with Gasteiger partial charge in [0.25, 0.3) is 0 Å². The molecule has 6 heteroatoms. The lowest BCUT2D eigenvalue weighted by molar-refractivity contribution is -0.296. The fourth-order valence-electron chi connectivity index (χ4n) is 8.55. The summed E-state index contributed by atoms with van der Waals surface area (Å²) in [6.07, 6.45) is 2.40. The maximum Gasteiger partial charge on any atom is 0.166 e. The van der Waals surface area contributed by atoms with E-state index in [0.29, 0.717) is 0 Å². The predicted molar refractivity (Wildman–Crippen MR) is 106 cm³/mol. The van der Waals surface area contributed by atoms with Gasteiger partial charge in [0.2, 0.25) is 0 Å². The van der Waals surface area contributed by atoms with Gasteiger partial charge in [0.15, 0.2) is 11.5 Å². The smallest absolute Gasteiger partial charge is 0.166 e. The molecule has 6 nitrogen and oxygen atoms in total. The van der Waals surface area contributed by atoms with Crippen molar-refractivity contribution in [1.82, 2.24) is 4.90 Å². The molecule has 8 atom stereocenters. The normalized spacial score (nSPS) is 47.5. The minimum Gasteiger partial charge on any atom is -0.493 e. The highest BCUT2D eigenvalue weighted by atomic mass is 16.6. The number of rotatable bonds is 3. The van der Waals surface area contributed by atoms with Crippen LogP contribution in [0.3, 0.4) is 0 Å². The molecule has 6 aliphatic rings. The van der Waals surface area contributed by atoms with Crippen LogP contribution in [-0.2, 0) is 10.2 Å². The highest BCUT2D eigenvalue weighted by molar-refractivity contribution is 5.64. The maximum absolute atomic E-state index is 11.6. The molecule has 29 heavy (non-hydrogen) atoms. The van der Waals surface area contributed by atoms with Crippen molar-refractivity contribution in [1.29, 1.82) is 0 Å². The number of likely N-dealkylation sites (N-methyl/N-ethyl adjacent to an activating group) is 1. The van der Waals surface area contributed by atoms with Crippen molar-refractivity contribution in [2.75, 3.05) is 27.8 Å². The molecule has 158 valence electrons. The number of benzene rings is 1. The van der Waals surface area contributed by atoms with Gasteiger partial charge in [0.1, 0.15) is 11.7 Å². The van der Waals surface area contributed by atoms with Crippen LogP contribution in [0.1, 0.15) is 49.8 Å². The van der Waals surface area contributed by atoms with Gasteiger partial charge in [-0.3, -0.25) is 4.90 Å². The summed E-state index contributed by atoms with van der Waals surface area (Å²) >= 11 is 0. The lowest BCUT2D eigenvalue weighted by Gasteiger charge is -2.74. The number of likely N-dealkylation sites (tertiary alicyclic amines) is 1. The minimum atomic E-state index is -0.571. The van der Waals surface area contributed by atoms with Crippen LogP contribution in [0.15, 0.2) is 12.1 Å². The summed E-state index contributed by atoms with van der Waals surface area (Å²) in [5.41, 5.74) is 1.26. The second-order valence-electron chi connectivity index (χ2n) is 10.0. The quantitative estimate of drug-likeness (QED) is 0.808. The molecule has 1 aromatic rings. The maximum atomic E-state index is 11.6. The molecule has 4 fully saturated rings. The van der Waals surface area contributed by atoms with E-state index in [9.17, 15) is 10.2 Å². The van der Waals surface area contributed by atoms with E-state index in [0.717, 1.165) is 54.9 Å². The van der Waals surface area contributed by atoms with Gasteiger partial charge in [-0.05, 0) is 57.8 Å². The third-order valence-corrected chi connectivity index (χ3v) is 9.49. The van der Waals surface area contributed by atoms with Crippen LogP contribution in [0, 0.1) is 11.3 Å². The van der Waals surface area contributed by atoms with Gasteiger partial charge in [0.05, 0.1) is 19.3 Å². The Hall–Kier alpha value is -1.34. The highest BCUT2D eigenvalue weighted by Gasteiger charge is 2.81. The molecule has 2 aliphatic heterocycles. The molecule has 0 radical (unpaired) electrons. The molecule has 3 unspecified atom stereocenters. The Labute approximate surface area is 171 Å². The number of nitrogens with zero attached hydrogens (tertiary/aromatic N) is 1. The van der Waals surface area contributed by atoms with Crippen molar-refractivity contribution in [2.45, 2.75) is 68.0 Å². The lowest BCUT2D eigenvalue weighted by Crippen LogP contribution is -2.81. The number of hydrogen-bond acceptors (Lipinski definition) is 6. The van der Waals surface area contributed by atoms with Crippen molar-refractivity contribution in [3.8, 4) is 11.5 Å². The zero-order valence-corrected chi connectivity index (χ0v) is 17.6. The molecule has 1 saturated heterocycles. The Kier molecular flexibility index (Phi) is 3.48. The summed E-state index contributed by atoms with van der Waals surface area (Å²) in [6, 6.07) is 3.97. The molecule has 1 aromatic carbocycles. The average molecular weight is 402 g/mol. The second-order valence-corrected chi connectivity index (χ2v) is 10.0. The summed E-state index contributed by atoms with van der Waals surface area (Å²) in [5, 5.41) is 22.4. The average Bonchev–Trinajstić information content (AvgIpc) is 3.09. The third kappa shape index (κ3) is 1.70. The Morgan fingerprint density at radius 2 is 2.03 bits per heavy atom. The first-order valence-corrected chi connectivity index (χ1v) is 10.9. The molecule has 4 bridgehead atoms. The third-order valence-electron chi connectivity index (χ3n) is 9.49. The van der Waals surface area contributed by atoms with Crippen molar-refractivity contribution in [3.05, 3.63) is 23.3 Å². The molecule has 0 amide bonds. The van der Waals surface area contributed by atoms with Crippen molar-refractivity contribution in [3.63, 3.8) is 0 Å². The summed E-state index contributed by atoms with van der Waals surface area (Å²) in [5.74, 6) is 1.49. The van der Waals surface area contributed by atoms with Gasteiger partial charge < -0.3 is 24.4 Å². The van der Waals surface area contributed by atoms with Crippen LogP contribution >= 0.6 is 0 Å².